The van der Waals surface area contributed by atoms with Crippen molar-refractivity contribution in [2.45, 2.75) is 0 Å². The molecule has 2 aromatic rings. The summed E-state index contributed by atoms with van der Waals surface area (Å²) in [7, 11) is 3.27. The highest BCUT2D eigenvalue weighted by molar-refractivity contribution is 6.41. The molecule has 0 N–H and O–H groups in total. The Kier molecular flexibility index (Phi) is 5.85. The number of rotatable bonds is 6. The number of likely N-dealkylation sites (N-methyl/N-ethyl adjacent to an activating group) is 1. The SMILES string of the molecule is COCCN1C(=O)C(c2ccc(Cl)cc2Cl)=C(N(C)c2ccccc2)C1=O. The molecule has 3 rings (SSSR count). The fourth-order valence-corrected chi connectivity index (χ4v) is 3.48. The molecule has 0 fully saturated rings. The molecule has 0 radical (unpaired) electrons. The number of hydrogen-bond donors (Lipinski definition) is 0. The number of carbonyl (C=O) groups is 2. The zero-order valence-corrected chi connectivity index (χ0v) is 16.4. The van der Waals surface area contributed by atoms with Crippen molar-refractivity contribution >= 4 is 46.3 Å². The quantitative estimate of drug-likeness (QED) is 0.685. The monoisotopic (exact) mass is 404 g/mol. The van der Waals surface area contributed by atoms with Crippen LogP contribution in [0.1, 0.15) is 5.56 Å². The van der Waals surface area contributed by atoms with E-state index in [2.05, 4.69) is 0 Å². The highest BCUT2D eigenvalue weighted by Gasteiger charge is 2.41. The van der Waals surface area contributed by atoms with E-state index < -0.39 is 5.91 Å². The molecule has 1 aliphatic rings. The van der Waals surface area contributed by atoms with Gasteiger partial charge in [-0.25, -0.2) is 0 Å². The van der Waals surface area contributed by atoms with E-state index in [1.165, 1.54) is 12.0 Å². The van der Waals surface area contributed by atoms with Gasteiger partial charge in [0, 0.05) is 30.4 Å². The first-order chi connectivity index (χ1) is 13.0. The summed E-state index contributed by atoms with van der Waals surface area (Å²) in [5.74, 6) is -0.788. The van der Waals surface area contributed by atoms with E-state index in [1.54, 1.807) is 30.1 Å². The maximum absolute atomic E-state index is 13.1. The van der Waals surface area contributed by atoms with Gasteiger partial charge in [0.15, 0.2) is 0 Å². The Labute approximate surface area is 167 Å². The molecule has 0 bridgehead atoms. The van der Waals surface area contributed by atoms with E-state index in [0.717, 1.165) is 5.69 Å². The molecule has 0 spiro atoms. The number of nitrogens with zero attached hydrogens (tertiary/aromatic N) is 2. The van der Waals surface area contributed by atoms with Gasteiger partial charge >= 0.3 is 0 Å². The van der Waals surface area contributed by atoms with Crippen LogP contribution in [0, 0.1) is 0 Å². The lowest BCUT2D eigenvalue weighted by Gasteiger charge is -2.21. The third-order valence-electron chi connectivity index (χ3n) is 4.34. The van der Waals surface area contributed by atoms with Gasteiger partial charge in [-0.3, -0.25) is 14.5 Å². The molecular formula is C20H18Cl2N2O3. The van der Waals surface area contributed by atoms with Gasteiger partial charge in [0.05, 0.1) is 23.7 Å². The first-order valence-corrected chi connectivity index (χ1v) is 9.05. The maximum Gasteiger partial charge on any atom is 0.278 e. The lowest BCUT2D eigenvalue weighted by molar-refractivity contribution is -0.137. The van der Waals surface area contributed by atoms with E-state index in [9.17, 15) is 9.59 Å². The van der Waals surface area contributed by atoms with Crippen molar-refractivity contribution in [2.75, 3.05) is 32.2 Å². The van der Waals surface area contributed by atoms with Crippen LogP contribution in [0.3, 0.4) is 0 Å². The number of ether oxygens (including phenoxy) is 1. The van der Waals surface area contributed by atoms with Gasteiger partial charge in [-0.2, -0.15) is 0 Å². The summed E-state index contributed by atoms with van der Waals surface area (Å²) < 4.78 is 5.04. The van der Waals surface area contributed by atoms with Crippen LogP contribution in [0.15, 0.2) is 54.2 Å². The van der Waals surface area contributed by atoms with Crippen LogP contribution in [0.5, 0.6) is 0 Å². The van der Waals surface area contributed by atoms with Gasteiger partial charge in [-0.1, -0.05) is 47.5 Å². The molecule has 0 aromatic heterocycles. The molecule has 0 unspecified atom stereocenters. The summed E-state index contributed by atoms with van der Waals surface area (Å²) in [6, 6.07) is 14.2. The minimum atomic E-state index is -0.404. The third kappa shape index (κ3) is 3.72. The largest absolute Gasteiger partial charge is 0.383 e. The van der Waals surface area contributed by atoms with Crippen LogP contribution in [0.25, 0.3) is 5.57 Å². The highest BCUT2D eigenvalue weighted by Crippen LogP contribution is 2.37. The van der Waals surface area contributed by atoms with Crippen molar-refractivity contribution in [3.05, 3.63) is 69.8 Å². The molecular weight excluding hydrogens is 387 g/mol. The molecule has 1 aliphatic heterocycles. The van der Waals surface area contributed by atoms with E-state index in [1.807, 2.05) is 30.3 Å². The van der Waals surface area contributed by atoms with Crippen LogP contribution in [-0.4, -0.2) is 44.0 Å². The van der Waals surface area contributed by atoms with Gasteiger partial charge in [0.1, 0.15) is 5.70 Å². The van der Waals surface area contributed by atoms with Crippen molar-refractivity contribution < 1.29 is 14.3 Å². The molecule has 7 heteroatoms. The first kappa shape index (κ1) is 19.4. The molecule has 0 atom stereocenters. The van der Waals surface area contributed by atoms with E-state index in [-0.39, 0.29) is 30.3 Å². The summed E-state index contributed by atoms with van der Waals surface area (Å²) >= 11 is 12.3. The number of benzene rings is 2. The summed E-state index contributed by atoms with van der Waals surface area (Å²) in [6.07, 6.45) is 0. The molecule has 1 heterocycles. The van der Waals surface area contributed by atoms with Crippen LogP contribution in [0.4, 0.5) is 5.69 Å². The lowest BCUT2D eigenvalue weighted by atomic mass is 10.0. The summed E-state index contributed by atoms with van der Waals surface area (Å²) in [5.41, 5.74) is 1.78. The zero-order chi connectivity index (χ0) is 19.6. The molecule has 0 saturated carbocycles. The van der Waals surface area contributed by atoms with Gasteiger partial charge in [-0.15, -0.1) is 0 Å². The minimum Gasteiger partial charge on any atom is -0.383 e. The Bertz CT molecular complexity index is 913. The van der Waals surface area contributed by atoms with E-state index in [0.29, 0.717) is 15.6 Å². The Hall–Kier alpha value is -2.34. The number of imide groups is 1. The highest BCUT2D eigenvalue weighted by atomic mass is 35.5. The van der Waals surface area contributed by atoms with Crippen LogP contribution in [0.2, 0.25) is 10.0 Å². The van der Waals surface area contributed by atoms with Crippen molar-refractivity contribution in [3.63, 3.8) is 0 Å². The molecule has 27 heavy (non-hydrogen) atoms. The minimum absolute atomic E-state index is 0.162. The standard InChI is InChI=1S/C20H18Cl2N2O3/c1-23(14-6-4-3-5-7-14)18-17(15-9-8-13(21)12-16(15)22)19(25)24(20(18)26)10-11-27-2/h3-9,12H,10-11H2,1-2H3. The average Bonchev–Trinajstić information content (AvgIpc) is 2.90. The maximum atomic E-state index is 13.1. The second kappa shape index (κ2) is 8.13. The van der Waals surface area contributed by atoms with E-state index in [4.69, 9.17) is 27.9 Å². The molecule has 0 aliphatic carbocycles. The Morgan fingerprint density at radius 2 is 1.74 bits per heavy atom. The number of anilines is 1. The summed E-state index contributed by atoms with van der Waals surface area (Å²) in [4.78, 5) is 29.0. The Morgan fingerprint density at radius 3 is 2.37 bits per heavy atom. The van der Waals surface area contributed by atoms with Gasteiger partial charge in [0.25, 0.3) is 11.8 Å². The van der Waals surface area contributed by atoms with Crippen LogP contribution in [-0.2, 0) is 14.3 Å². The fraction of sp³-hybridized carbons (Fsp3) is 0.200. The second-order valence-electron chi connectivity index (χ2n) is 6.00. The average molecular weight is 405 g/mol. The number of methoxy groups -OCH3 is 1. The normalized spacial score (nSPS) is 14.3. The van der Waals surface area contributed by atoms with Crippen molar-refractivity contribution in [1.29, 1.82) is 0 Å². The molecule has 2 amide bonds. The smallest absolute Gasteiger partial charge is 0.278 e. The number of halogens is 2. The molecule has 5 nitrogen and oxygen atoms in total. The predicted molar refractivity (Wildman–Crippen MR) is 107 cm³/mol. The molecule has 2 aromatic carbocycles. The fourth-order valence-electron chi connectivity index (χ4n) is 2.98. The Morgan fingerprint density at radius 1 is 1.04 bits per heavy atom. The van der Waals surface area contributed by atoms with E-state index >= 15 is 0 Å². The number of amides is 2. The summed E-state index contributed by atoms with van der Waals surface area (Å²) in [6.45, 7) is 0.413. The van der Waals surface area contributed by atoms with Gasteiger partial charge in [-0.05, 0) is 24.3 Å². The number of para-hydroxylation sites is 1. The topological polar surface area (TPSA) is 49.9 Å². The summed E-state index contributed by atoms with van der Waals surface area (Å²) in [5, 5.41) is 0.765. The van der Waals surface area contributed by atoms with Gasteiger partial charge < -0.3 is 9.64 Å². The third-order valence-corrected chi connectivity index (χ3v) is 4.89. The van der Waals surface area contributed by atoms with Crippen LogP contribution >= 0.6 is 23.2 Å². The van der Waals surface area contributed by atoms with Crippen molar-refractivity contribution in [3.8, 4) is 0 Å². The number of carbonyl (C=O) groups excluding carboxylic acids is 2. The predicted octanol–water partition coefficient (Wildman–Crippen LogP) is 3.86. The zero-order valence-electron chi connectivity index (χ0n) is 14.9. The van der Waals surface area contributed by atoms with Crippen molar-refractivity contribution in [1.82, 2.24) is 4.90 Å². The lowest BCUT2D eigenvalue weighted by Crippen LogP contribution is -2.36. The second-order valence-corrected chi connectivity index (χ2v) is 6.84. The molecule has 0 saturated heterocycles. The number of hydrogen-bond acceptors (Lipinski definition) is 4. The molecule has 140 valence electrons. The van der Waals surface area contributed by atoms with Crippen LogP contribution < -0.4 is 4.90 Å². The van der Waals surface area contributed by atoms with Crippen molar-refractivity contribution in [2.24, 2.45) is 0 Å². The Balaban J connectivity index is 2.15. The first-order valence-electron chi connectivity index (χ1n) is 8.29. The van der Waals surface area contributed by atoms with Gasteiger partial charge in [0.2, 0.25) is 0 Å².